The maximum atomic E-state index is 14.2. The SMILES string of the molecule is CCc1c[nH]c2c(F)cc(C3=CCN(C(=O)O)CC3)cc12. The summed E-state index contributed by atoms with van der Waals surface area (Å²) in [6.45, 7) is 2.85. The number of aromatic nitrogens is 1. The molecule has 0 aliphatic carbocycles. The van der Waals surface area contributed by atoms with Gasteiger partial charge in [-0.2, -0.15) is 0 Å². The fourth-order valence-corrected chi connectivity index (χ4v) is 2.83. The molecule has 1 aromatic heterocycles. The van der Waals surface area contributed by atoms with Crippen LogP contribution in [0.4, 0.5) is 9.18 Å². The number of aromatic amines is 1. The quantitative estimate of drug-likeness (QED) is 0.886. The third-order valence-corrected chi connectivity index (χ3v) is 4.06. The molecule has 1 aliphatic heterocycles. The molecule has 0 fully saturated rings. The van der Waals surface area contributed by atoms with Gasteiger partial charge >= 0.3 is 6.09 Å². The van der Waals surface area contributed by atoms with Crippen LogP contribution in [0.3, 0.4) is 0 Å². The number of halogens is 1. The van der Waals surface area contributed by atoms with E-state index in [0.29, 0.717) is 25.0 Å². The van der Waals surface area contributed by atoms with Crippen molar-refractivity contribution in [2.24, 2.45) is 0 Å². The zero-order valence-corrected chi connectivity index (χ0v) is 11.8. The first kappa shape index (κ1) is 13.7. The summed E-state index contributed by atoms with van der Waals surface area (Å²) in [7, 11) is 0. The van der Waals surface area contributed by atoms with Crippen LogP contribution in [0.1, 0.15) is 24.5 Å². The topological polar surface area (TPSA) is 56.3 Å². The van der Waals surface area contributed by atoms with Crippen molar-refractivity contribution >= 4 is 22.6 Å². The van der Waals surface area contributed by atoms with Crippen LogP contribution >= 0.6 is 0 Å². The van der Waals surface area contributed by atoms with Crippen LogP contribution < -0.4 is 0 Å². The number of hydrogen-bond donors (Lipinski definition) is 2. The van der Waals surface area contributed by atoms with Gasteiger partial charge in [0.15, 0.2) is 0 Å². The molecular formula is C16H17FN2O2. The smallest absolute Gasteiger partial charge is 0.407 e. The van der Waals surface area contributed by atoms with Crippen LogP contribution in [-0.4, -0.2) is 34.2 Å². The van der Waals surface area contributed by atoms with Gasteiger partial charge in [-0.05, 0) is 41.7 Å². The van der Waals surface area contributed by atoms with Crippen LogP contribution in [-0.2, 0) is 6.42 Å². The Kier molecular flexibility index (Phi) is 3.41. The Morgan fingerprint density at radius 1 is 1.48 bits per heavy atom. The summed E-state index contributed by atoms with van der Waals surface area (Å²) < 4.78 is 14.2. The van der Waals surface area contributed by atoms with Crippen LogP contribution in [0, 0.1) is 5.82 Å². The molecule has 0 unspecified atom stereocenters. The van der Waals surface area contributed by atoms with E-state index in [9.17, 15) is 9.18 Å². The number of H-pyrrole nitrogens is 1. The Morgan fingerprint density at radius 3 is 2.90 bits per heavy atom. The van der Waals surface area contributed by atoms with E-state index in [-0.39, 0.29) is 5.82 Å². The van der Waals surface area contributed by atoms with Crippen molar-refractivity contribution in [2.75, 3.05) is 13.1 Å². The molecule has 21 heavy (non-hydrogen) atoms. The zero-order chi connectivity index (χ0) is 15.0. The van der Waals surface area contributed by atoms with Gasteiger partial charge in [-0.1, -0.05) is 13.0 Å². The number of fused-ring (bicyclic) bond motifs is 1. The Labute approximate surface area is 121 Å². The molecule has 0 spiro atoms. The zero-order valence-electron chi connectivity index (χ0n) is 11.8. The van der Waals surface area contributed by atoms with E-state index >= 15 is 0 Å². The van der Waals surface area contributed by atoms with Crippen molar-refractivity contribution in [3.05, 3.63) is 41.3 Å². The number of amides is 1. The minimum atomic E-state index is -0.911. The lowest BCUT2D eigenvalue weighted by atomic mass is 9.97. The van der Waals surface area contributed by atoms with Crippen LogP contribution in [0.2, 0.25) is 0 Å². The molecule has 1 aromatic carbocycles. The first-order chi connectivity index (χ1) is 10.1. The van der Waals surface area contributed by atoms with Crippen molar-refractivity contribution in [3.63, 3.8) is 0 Å². The van der Waals surface area contributed by atoms with Crippen LogP contribution in [0.15, 0.2) is 24.4 Å². The highest BCUT2D eigenvalue weighted by molar-refractivity contribution is 5.87. The number of carbonyl (C=O) groups is 1. The number of benzene rings is 1. The molecule has 1 amide bonds. The second-order valence-corrected chi connectivity index (χ2v) is 5.26. The average molecular weight is 288 g/mol. The molecule has 0 bridgehead atoms. The number of hydrogen-bond acceptors (Lipinski definition) is 1. The molecule has 110 valence electrons. The molecule has 3 rings (SSSR count). The molecular weight excluding hydrogens is 271 g/mol. The number of carboxylic acid groups (broad SMARTS) is 1. The summed E-state index contributed by atoms with van der Waals surface area (Å²) in [6, 6.07) is 3.52. The van der Waals surface area contributed by atoms with Gasteiger partial charge in [0.25, 0.3) is 0 Å². The van der Waals surface area contributed by atoms with E-state index in [1.165, 1.54) is 11.0 Å². The van der Waals surface area contributed by atoms with Gasteiger partial charge in [0.05, 0.1) is 5.52 Å². The second-order valence-electron chi connectivity index (χ2n) is 5.26. The fraction of sp³-hybridized carbons (Fsp3) is 0.312. The van der Waals surface area contributed by atoms with E-state index < -0.39 is 6.09 Å². The Morgan fingerprint density at radius 2 is 2.29 bits per heavy atom. The van der Waals surface area contributed by atoms with E-state index in [1.807, 2.05) is 25.3 Å². The fourth-order valence-electron chi connectivity index (χ4n) is 2.83. The number of rotatable bonds is 2. The number of aryl methyl sites for hydroxylation is 1. The van der Waals surface area contributed by atoms with Gasteiger partial charge in [-0.3, -0.25) is 0 Å². The first-order valence-electron chi connectivity index (χ1n) is 7.07. The Hall–Kier alpha value is -2.30. The molecule has 2 heterocycles. The lowest BCUT2D eigenvalue weighted by molar-refractivity contribution is 0.150. The number of nitrogens with zero attached hydrogens (tertiary/aromatic N) is 1. The van der Waals surface area contributed by atoms with Crippen LogP contribution in [0.25, 0.3) is 16.5 Å². The molecule has 5 heteroatoms. The lowest BCUT2D eigenvalue weighted by Gasteiger charge is -2.24. The molecule has 0 radical (unpaired) electrons. The Balaban J connectivity index is 1.99. The maximum absolute atomic E-state index is 14.2. The van der Waals surface area contributed by atoms with Gasteiger partial charge in [0.2, 0.25) is 0 Å². The summed E-state index contributed by atoms with van der Waals surface area (Å²) in [5.74, 6) is -0.260. The standard InChI is InChI=1S/C16H17FN2O2/c1-2-10-9-18-15-13(10)7-12(8-14(15)17)11-3-5-19(6-4-11)16(20)21/h3,7-9,18H,2,4-6H2,1H3,(H,20,21). The van der Waals surface area contributed by atoms with Crippen molar-refractivity contribution in [1.29, 1.82) is 0 Å². The average Bonchev–Trinajstić information content (AvgIpc) is 2.91. The summed E-state index contributed by atoms with van der Waals surface area (Å²) in [6.07, 6.45) is 4.26. The van der Waals surface area contributed by atoms with Gasteiger partial charge in [0.1, 0.15) is 5.82 Å². The van der Waals surface area contributed by atoms with Gasteiger partial charge < -0.3 is 15.0 Å². The summed E-state index contributed by atoms with van der Waals surface area (Å²) >= 11 is 0. The second kappa shape index (κ2) is 5.24. The van der Waals surface area contributed by atoms with Gasteiger partial charge in [-0.25, -0.2) is 9.18 Å². The van der Waals surface area contributed by atoms with Crippen molar-refractivity contribution in [3.8, 4) is 0 Å². The Bertz CT molecular complexity index is 733. The van der Waals surface area contributed by atoms with Crippen molar-refractivity contribution in [2.45, 2.75) is 19.8 Å². The summed E-state index contributed by atoms with van der Waals surface area (Å²) in [5.41, 5.74) is 3.49. The lowest BCUT2D eigenvalue weighted by Crippen LogP contribution is -2.33. The predicted octanol–water partition coefficient (Wildman–Crippen LogP) is 3.64. The van der Waals surface area contributed by atoms with Gasteiger partial charge in [-0.15, -0.1) is 0 Å². The van der Waals surface area contributed by atoms with Crippen molar-refractivity contribution in [1.82, 2.24) is 9.88 Å². The number of nitrogens with one attached hydrogen (secondary N) is 1. The summed E-state index contributed by atoms with van der Waals surface area (Å²) in [5, 5.41) is 9.86. The minimum Gasteiger partial charge on any atom is -0.465 e. The molecule has 0 saturated heterocycles. The molecule has 2 aromatic rings. The molecule has 1 aliphatic rings. The largest absolute Gasteiger partial charge is 0.465 e. The third kappa shape index (κ3) is 2.39. The van der Waals surface area contributed by atoms with E-state index in [1.54, 1.807) is 0 Å². The predicted molar refractivity (Wildman–Crippen MR) is 79.8 cm³/mol. The van der Waals surface area contributed by atoms with Gasteiger partial charge in [0, 0.05) is 24.7 Å². The third-order valence-electron chi connectivity index (χ3n) is 4.06. The molecule has 0 saturated carbocycles. The normalized spacial score (nSPS) is 15.3. The van der Waals surface area contributed by atoms with Crippen LogP contribution in [0.5, 0.6) is 0 Å². The monoisotopic (exact) mass is 288 g/mol. The van der Waals surface area contributed by atoms with E-state index in [0.717, 1.165) is 28.5 Å². The highest BCUT2D eigenvalue weighted by Gasteiger charge is 2.18. The maximum Gasteiger partial charge on any atom is 0.407 e. The minimum absolute atomic E-state index is 0.260. The van der Waals surface area contributed by atoms with E-state index in [2.05, 4.69) is 4.98 Å². The molecule has 0 atom stereocenters. The highest BCUT2D eigenvalue weighted by atomic mass is 19.1. The molecule has 4 nitrogen and oxygen atoms in total. The van der Waals surface area contributed by atoms with Crippen molar-refractivity contribution < 1.29 is 14.3 Å². The molecule has 2 N–H and O–H groups in total. The highest BCUT2D eigenvalue weighted by Crippen LogP contribution is 2.29. The summed E-state index contributed by atoms with van der Waals surface area (Å²) in [4.78, 5) is 15.2. The van der Waals surface area contributed by atoms with E-state index in [4.69, 9.17) is 5.11 Å². The first-order valence-corrected chi connectivity index (χ1v) is 7.07.